The first-order valence-corrected chi connectivity index (χ1v) is 9.85. The third-order valence-corrected chi connectivity index (χ3v) is 5.44. The molecule has 2 aliphatic heterocycles. The minimum atomic E-state index is -3.13. The van der Waals surface area contributed by atoms with E-state index in [9.17, 15) is 13.2 Å². The highest BCUT2D eigenvalue weighted by Gasteiger charge is 2.39. The molecule has 3 rings (SSSR count). The maximum absolute atomic E-state index is 12.6. The molecule has 2 saturated heterocycles. The maximum atomic E-state index is 12.6. The van der Waals surface area contributed by atoms with E-state index in [1.165, 1.54) is 12.7 Å². The van der Waals surface area contributed by atoms with Gasteiger partial charge >= 0.3 is 6.03 Å². The number of carbonyl (C=O) groups excluding carboxylic acids is 1. The predicted molar refractivity (Wildman–Crippen MR) is 86.5 cm³/mol. The molecule has 1 aromatic carbocycles. The second-order valence-electron chi connectivity index (χ2n) is 6.38. The number of piperidine rings is 1. The molecule has 2 fully saturated rings. The molecule has 2 unspecified atom stereocenters. The van der Waals surface area contributed by atoms with E-state index in [1.807, 2.05) is 11.0 Å². The molecule has 2 heterocycles. The number of amides is 2. The number of hydrogen-bond acceptors (Lipinski definition) is 3. The van der Waals surface area contributed by atoms with Crippen molar-refractivity contribution < 1.29 is 13.2 Å². The van der Waals surface area contributed by atoms with E-state index in [1.54, 1.807) is 18.2 Å². The number of fused-ring (bicyclic) bond motifs is 2. The molecule has 5 nitrogen and oxygen atoms in total. The van der Waals surface area contributed by atoms with Crippen molar-refractivity contribution in [3.63, 3.8) is 0 Å². The fourth-order valence-electron chi connectivity index (χ4n) is 3.68. The molecule has 0 aliphatic carbocycles. The number of nitrogens with zero attached hydrogens (tertiary/aromatic N) is 1. The topological polar surface area (TPSA) is 66.5 Å². The summed E-state index contributed by atoms with van der Waals surface area (Å²) in [6.45, 7) is 0. The standard InChI is InChI=1S/C16H22N2O3S/c1-22(20,21)11-12-5-2-3-8-15(12)17-16(19)18-13-6-4-7-14(18)10-9-13/h2-3,5,8,13-14H,4,6-7,9-11H2,1H3,(H,17,19). The van der Waals surface area contributed by atoms with Crippen LogP contribution in [0.3, 0.4) is 0 Å². The zero-order chi connectivity index (χ0) is 15.7. The molecular weight excluding hydrogens is 300 g/mol. The van der Waals surface area contributed by atoms with Crippen LogP contribution in [0, 0.1) is 0 Å². The van der Waals surface area contributed by atoms with Gasteiger partial charge in [-0.25, -0.2) is 13.2 Å². The Balaban J connectivity index is 1.77. The summed E-state index contributed by atoms with van der Waals surface area (Å²) in [7, 11) is -3.13. The van der Waals surface area contributed by atoms with Gasteiger partial charge in [-0.3, -0.25) is 0 Å². The minimum Gasteiger partial charge on any atom is -0.319 e. The zero-order valence-corrected chi connectivity index (χ0v) is 13.6. The first-order chi connectivity index (χ1) is 10.4. The lowest BCUT2D eigenvalue weighted by molar-refractivity contribution is 0.159. The summed E-state index contributed by atoms with van der Waals surface area (Å²) in [6, 6.07) is 7.73. The summed E-state index contributed by atoms with van der Waals surface area (Å²) in [5.41, 5.74) is 1.24. The van der Waals surface area contributed by atoms with Gasteiger partial charge < -0.3 is 10.2 Å². The fourth-order valence-corrected chi connectivity index (χ4v) is 4.50. The Bertz CT molecular complexity index is 656. The van der Waals surface area contributed by atoms with Crippen molar-refractivity contribution in [3.8, 4) is 0 Å². The molecule has 1 aromatic rings. The van der Waals surface area contributed by atoms with E-state index >= 15 is 0 Å². The van der Waals surface area contributed by atoms with Gasteiger partial charge in [0.25, 0.3) is 0 Å². The SMILES string of the molecule is CS(=O)(=O)Cc1ccccc1NC(=O)N1C2CCCC1CC2. The molecule has 2 amide bonds. The fraction of sp³-hybridized carbons (Fsp3) is 0.562. The highest BCUT2D eigenvalue weighted by atomic mass is 32.2. The summed E-state index contributed by atoms with van der Waals surface area (Å²) in [6.07, 6.45) is 6.73. The number of benzene rings is 1. The second-order valence-corrected chi connectivity index (χ2v) is 8.52. The van der Waals surface area contributed by atoms with Crippen molar-refractivity contribution >= 4 is 21.6 Å². The average molecular weight is 322 g/mol. The number of nitrogens with one attached hydrogen (secondary N) is 1. The molecule has 1 N–H and O–H groups in total. The summed E-state index contributed by atoms with van der Waals surface area (Å²) in [4.78, 5) is 14.6. The van der Waals surface area contributed by atoms with Gasteiger partial charge in [-0.2, -0.15) is 0 Å². The number of rotatable bonds is 3. The molecule has 2 aliphatic rings. The number of sulfone groups is 1. The van der Waals surface area contributed by atoms with Crippen LogP contribution in [0.25, 0.3) is 0 Å². The molecule has 6 heteroatoms. The summed E-state index contributed by atoms with van der Waals surface area (Å²) < 4.78 is 23.1. The zero-order valence-electron chi connectivity index (χ0n) is 12.8. The first kappa shape index (κ1) is 15.3. The molecule has 2 bridgehead atoms. The molecule has 0 aromatic heterocycles. The third kappa shape index (κ3) is 3.27. The highest BCUT2D eigenvalue weighted by molar-refractivity contribution is 7.89. The summed E-state index contributed by atoms with van der Waals surface area (Å²) >= 11 is 0. The summed E-state index contributed by atoms with van der Waals surface area (Å²) in [5.74, 6) is -0.0592. The lowest BCUT2D eigenvalue weighted by atomic mass is 10.0. The molecule has 0 radical (unpaired) electrons. The smallest absolute Gasteiger partial charge is 0.319 e. The van der Waals surface area contributed by atoms with Crippen molar-refractivity contribution in [3.05, 3.63) is 29.8 Å². The first-order valence-electron chi connectivity index (χ1n) is 7.79. The average Bonchev–Trinajstić information content (AvgIpc) is 2.69. The van der Waals surface area contributed by atoms with Gasteiger partial charge in [0.1, 0.15) is 0 Å². The van der Waals surface area contributed by atoms with Crippen LogP contribution in [0.15, 0.2) is 24.3 Å². The number of urea groups is 1. The number of para-hydroxylation sites is 1. The Morgan fingerprint density at radius 2 is 1.82 bits per heavy atom. The normalized spacial score (nSPS) is 24.3. The van der Waals surface area contributed by atoms with E-state index in [-0.39, 0.29) is 11.8 Å². The Labute approximate surface area is 131 Å². The van der Waals surface area contributed by atoms with E-state index in [4.69, 9.17) is 0 Å². The number of anilines is 1. The van der Waals surface area contributed by atoms with Crippen LogP contribution in [0.2, 0.25) is 0 Å². The van der Waals surface area contributed by atoms with Crippen LogP contribution < -0.4 is 5.32 Å². The van der Waals surface area contributed by atoms with Crippen molar-refractivity contribution in [1.29, 1.82) is 0 Å². The van der Waals surface area contributed by atoms with Crippen LogP contribution >= 0.6 is 0 Å². The maximum Gasteiger partial charge on any atom is 0.322 e. The summed E-state index contributed by atoms with van der Waals surface area (Å²) in [5, 5.41) is 2.93. The molecule has 2 atom stereocenters. The van der Waals surface area contributed by atoms with E-state index in [0.717, 1.165) is 25.7 Å². The third-order valence-electron chi connectivity index (χ3n) is 4.61. The molecular formula is C16H22N2O3S. The van der Waals surface area contributed by atoms with Gasteiger partial charge in [-0.15, -0.1) is 0 Å². The Morgan fingerprint density at radius 3 is 2.45 bits per heavy atom. The van der Waals surface area contributed by atoms with Crippen molar-refractivity contribution in [2.75, 3.05) is 11.6 Å². The van der Waals surface area contributed by atoms with Gasteiger partial charge in [-0.05, 0) is 43.7 Å². The molecule has 22 heavy (non-hydrogen) atoms. The van der Waals surface area contributed by atoms with Crippen molar-refractivity contribution in [2.24, 2.45) is 0 Å². The van der Waals surface area contributed by atoms with Crippen molar-refractivity contribution in [1.82, 2.24) is 4.90 Å². The molecule has 0 spiro atoms. The monoisotopic (exact) mass is 322 g/mol. The van der Waals surface area contributed by atoms with Gasteiger partial charge in [0.05, 0.1) is 5.75 Å². The van der Waals surface area contributed by atoms with Crippen LogP contribution in [-0.2, 0) is 15.6 Å². The molecule has 120 valence electrons. The minimum absolute atomic E-state index is 0.0592. The number of hydrogen-bond donors (Lipinski definition) is 1. The second kappa shape index (κ2) is 5.91. The predicted octanol–water partition coefficient (Wildman–Crippen LogP) is 2.78. The van der Waals surface area contributed by atoms with Gasteiger partial charge in [-0.1, -0.05) is 18.2 Å². The van der Waals surface area contributed by atoms with Crippen molar-refractivity contribution in [2.45, 2.75) is 49.9 Å². The van der Waals surface area contributed by atoms with Gasteiger partial charge in [0.2, 0.25) is 0 Å². The Kier molecular flexibility index (Phi) is 4.12. The van der Waals surface area contributed by atoms with Crippen LogP contribution in [0.5, 0.6) is 0 Å². The van der Waals surface area contributed by atoms with E-state index in [0.29, 0.717) is 23.3 Å². The largest absolute Gasteiger partial charge is 0.322 e. The number of carbonyl (C=O) groups is 1. The van der Waals surface area contributed by atoms with Gasteiger partial charge in [0.15, 0.2) is 9.84 Å². The van der Waals surface area contributed by atoms with Crippen LogP contribution in [-0.4, -0.2) is 37.7 Å². The highest BCUT2D eigenvalue weighted by Crippen LogP contribution is 2.36. The molecule has 0 saturated carbocycles. The Morgan fingerprint density at radius 1 is 1.18 bits per heavy atom. The lowest BCUT2D eigenvalue weighted by Crippen LogP contribution is -2.46. The quantitative estimate of drug-likeness (QED) is 0.930. The van der Waals surface area contributed by atoms with E-state index < -0.39 is 9.84 Å². The Hall–Kier alpha value is -1.56. The van der Waals surface area contributed by atoms with Crippen LogP contribution in [0.4, 0.5) is 10.5 Å². The lowest BCUT2D eigenvalue weighted by Gasteiger charge is -2.34. The van der Waals surface area contributed by atoms with Crippen LogP contribution in [0.1, 0.15) is 37.7 Å². The van der Waals surface area contributed by atoms with Gasteiger partial charge in [0, 0.05) is 24.0 Å². The van der Waals surface area contributed by atoms with E-state index in [2.05, 4.69) is 5.32 Å².